The van der Waals surface area contributed by atoms with E-state index in [4.69, 9.17) is 21.1 Å². The molecule has 1 fully saturated rings. The van der Waals surface area contributed by atoms with E-state index in [9.17, 15) is 4.39 Å². The Morgan fingerprint density at radius 3 is 2.89 bits per heavy atom. The van der Waals surface area contributed by atoms with Crippen LogP contribution < -0.4 is 10.1 Å². The molecule has 0 saturated carbocycles. The van der Waals surface area contributed by atoms with Crippen molar-refractivity contribution in [2.24, 2.45) is 0 Å². The number of hydrogen-bond donors (Lipinski definition) is 1. The highest BCUT2D eigenvalue weighted by Gasteiger charge is 2.12. The van der Waals surface area contributed by atoms with Gasteiger partial charge in [0.2, 0.25) is 0 Å². The van der Waals surface area contributed by atoms with E-state index in [1.54, 1.807) is 12.3 Å². The molecule has 3 heterocycles. The Morgan fingerprint density at radius 2 is 2.07 bits per heavy atom. The highest BCUT2D eigenvalue weighted by molar-refractivity contribution is 6.31. The zero-order valence-corrected chi connectivity index (χ0v) is 15.7. The minimum absolute atomic E-state index is 0.0186. The first kappa shape index (κ1) is 18.7. The molecule has 0 spiro atoms. The average Bonchev–Trinajstić information content (AvgIpc) is 2.72. The quantitative estimate of drug-likeness (QED) is 0.671. The summed E-state index contributed by atoms with van der Waals surface area (Å²) in [6, 6.07) is 4.57. The summed E-state index contributed by atoms with van der Waals surface area (Å²) >= 11 is 5.84. The molecule has 1 aliphatic rings. The van der Waals surface area contributed by atoms with Crippen molar-refractivity contribution in [3.63, 3.8) is 0 Å². The number of nitrogens with one attached hydrogen (secondary N) is 1. The topological polar surface area (TPSA) is 85.3 Å². The van der Waals surface area contributed by atoms with Crippen molar-refractivity contribution < 1.29 is 13.9 Å². The lowest BCUT2D eigenvalue weighted by Crippen LogP contribution is -2.38. The van der Waals surface area contributed by atoms with Crippen molar-refractivity contribution in [3.8, 4) is 6.01 Å². The zero-order valence-electron chi connectivity index (χ0n) is 14.9. The van der Waals surface area contributed by atoms with Crippen molar-refractivity contribution in [2.75, 3.05) is 44.8 Å². The molecule has 146 valence electrons. The van der Waals surface area contributed by atoms with E-state index < -0.39 is 5.82 Å². The van der Waals surface area contributed by atoms with Crippen LogP contribution in [0, 0.1) is 5.82 Å². The van der Waals surface area contributed by atoms with Gasteiger partial charge in [0.15, 0.2) is 5.82 Å². The van der Waals surface area contributed by atoms with E-state index in [0.717, 1.165) is 32.8 Å². The van der Waals surface area contributed by atoms with Gasteiger partial charge in [0.1, 0.15) is 29.8 Å². The lowest BCUT2D eigenvalue weighted by molar-refractivity contribution is 0.0317. The number of rotatable bonds is 6. The summed E-state index contributed by atoms with van der Waals surface area (Å²) in [5.41, 5.74) is 1.64. The van der Waals surface area contributed by atoms with Crippen LogP contribution in [0.4, 0.5) is 15.9 Å². The largest absolute Gasteiger partial charge is 0.462 e. The van der Waals surface area contributed by atoms with Crippen LogP contribution in [0.25, 0.3) is 11.0 Å². The molecule has 1 aliphatic heterocycles. The second-order valence-electron chi connectivity index (χ2n) is 6.17. The van der Waals surface area contributed by atoms with Crippen LogP contribution in [-0.2, 0) is 4.74 Å². The van der Waals surface area contributed by atoms with Crippen LogP contribution in [0.5, 0.6) is 6.01 Å². The average molecular weight is 405 g/mol. The fourth-order valence-electron chi connectivity index (χ4n) is 2.80. The second-order valence-corrected chi connectivity index (χ2v) is 6.57. The summed E-state index contributed by atoms with van der Waals surface area (Å²) in [7, 11) is 0. The van der Waals surface area contributed by atoms with Gasteiger partial charge in [-0.15, -0.1) is 0 Å². The van der Waals surface area contributed by atoms with Crippen molar-refractivity contribution in [1.29, 1.82) is 0 Å². The van der Waals surface area contributed by atoms with Crippen LogP contribution >= 0.6 is 11.6 Å². The van der Waals surface area contributed by atoms with Crippen LogP contribution in [0.1, 0.15) is 0 Å². The predicted molar refractivity (Wildman–Crippen MR) is 103 cm³/mol. The molecule has 1 N–H and O–H groups in total. The maximum atomic E-state index is 13.4. The van der Waals surface area contributed by atoms with E-state index in [1.807, 2.05) is 0 Å². The summed E-state index contributed by atoms with van der Waals surface area (Å²) in [4.78, 5) is 19.3. The molecule has 0 bridgehead atoms. The molecular weight excluding hydrogens is 387 g/mol. The summed E-state index contributed by atoms with van der Waals surface area (Å²) in [5.74, 6) is -0.0360. The van der Waals surface area contributed by atoms with Gasteiger partial charge in [0, 0.05) is 25.3 Å². The Morgan fingerprint density at radius 1 is 1.21 bits per heavy atom. The smallest absolute Gasteiger partial charge is 0.317 e. The standard InChI is InChI=1S/C18H18ClFN6O2/c19-13-9-12(1-2-14(13)20)24-17-16-15(22-11-23-17)10-21-18(25-16)28-8-5-26-3-6-27-7-4-26/h1-2,9-11H,3-8H2,(H,22,23,24). The molecule has 4 rings (SSSR count). The number of ether oxygens (including phenoxy) is 2. The molecular formula is C18H18ClFN6O2. The van der Waals surface area contributed by atoms with Crippen LogP contribution in [-0.4, -0.2) is 64.3 Å². The lowest BCUT2D eigenvalue weighted by atomic mass is 10.3. The fourth-order valence-corrected chi connectivity index (χ4v) is 2.98. The summed E-state index contributed by atoms with van der Waals surface area (Å²) in [6.45, 7) is 4.51. The third-order valence-corrected chi connectivity index (χ3v) is 4.57. The van der Waals surface area contributed by atoms with Crippen molar-refractivity contribution in [1.82, 2.24) is 24.8 Å². The van der Waals surface area contributed by atoms with E-state index in [0.29, 0.717) is 29.1 Å². The molecule has 0 unspecified atom stereocenters. The molecule has 3 aromatic rings. The van der Waals surface area contributed by atoms with Gasteiger partial charge in [-0.2, -0.15) is 4.98 Å². The Bertz CT molecular complexity index is 970. The minimum atomic E-state index is -0.488. The Labute approximate surface area is 165 Å². The number of halogens is 2. The SMILES string of the molecule is Fc1ccc(Nc2ncnc3cnc(OCCN4CCOCC4)nc23)cc1Cl. The number of fused-ring (bicyclic) bond motifs is 1. The highest BCUT2D eigenvalue weighted by atomic mass is 35.5. The van der Waals surface area contributed by atoms with Crippen molar-refractivity contribution >= 4 is 34.1 Å². The van der Waals surface area contributed by atoms with Gasteiger partial charge in [-0.05, 0) is 18.2 Å². The van der Waals surface area contributed by atoms with Crippen molar-refractivity contribution in [2.45, 2.75) is 0 Å². The molecule has 0 radical (unpaired) electrons. The first-order valence-electron chi connectivity index (χ1n) is 8.82. The van der Waals surface area contributed by atoms with Gasteiger partial charge in [0.25, 0.3) is 0 Å². The summed E-state index contributed by atoms with van der Waals surface area (Å²) in [5, 5.41) is 3.10. The number of benzene rings is 1. The number of nitrogens with zero attached hydrogens (tertiary/aromatic N) is 5. The monoisotopic (exact) mass is 404 g/mol. The third kappa shape index (κ3) is 4.44. The normalized spacial score (nSPS) is 14.9. The minimum Gasteiger partial charge on any atom is -0.462 e. The second kappa shape index (κ2) is 8.59. The Balaban J connectivity index is 1.49. The molecule has 1 saturated heterocycles. The van der Waals surface area contributed by atoms with Gasteiger partial charge in [-0.25, -0.2) is 19.3 Å². The van der Waals surface area contributed by atoms with Gasteiger partial charge in [-0.1, -0.05) is 11.6 Å². The summed E-state index contributed by atoms with van der Waals surface area (Å²) in [6.07, 6.45) is 2.98. The van der Waals surface area contributed by atoms with E-state index in [-0.39, 0.29) is 11.0 Å². The van der Waals surface area contributed by atoms with Crippen LogP contribution in [0.2, 0.25) is 5.02 Å². The van der Waals surface area contributed by atoms with Gasteiger partial charge < -0.3 is 14.8 Å². The summed E-state index contributed by atoms with van der Waals surface area (Å²) < 4.78 is 24.4. The number of anilines is 2. The first-order valence-corrected chi connectivity index (χ1v) is 9.19. The molecule has 0 amide bonds. The van der Waals surface area contributed by atoms with Gasteiger partial charge >= 0.3 is 6.01 Å². The van der Waals surface area contributed by atoms with Crippen LogP contribution in [0.3, 0.4) is 0 Å². The Kier molecular flexibility index (Phi) is 5.75. The first-order chi connectivity index (χ1) is 13.7. The maximum absolute atomic E-state index is 13.4. The lowest BCUT2D eigenvalue weighted by Gasteiger charge is -2.26. The van der Waals surface area contributed by atoms with Crippen LogP contribution in [0.15, 0.2) is 30.7 Å². The van der Waals surface area contributed by atoms with Gasteiger partial charge in [-0.3, -0.25) is 4.90 Å². The molecule has 2 aromatic heterocycles. The van der Waals surface area contributed by atoms with E-state index >= 15 is 0 Å². The molecule has 0 aliphatic carbocycles. The number of aromatic nitrogens is 4. The van der Waals surface area contributed by atoms with E-state index in [2.05, 4.69) is 30.2 Å². The fraction of sp³-hybridized carbons (Fsp3) is 0.333. The highest BCUT2D eigenvalue weighted by Crippen LogP contribution is 2.25. The molecule has 10 heteroatoms. The maximum Gasteiger partial charge on any atom is 0.317 e. The van der Waals surface area contributed by atoms with E-state index in [1.165, 1.54) is 18.5 Å². The number of hydrogen-bond acceptors (Lipinski definition) is 8. The van der Waals surface area contributed by atoms with Gasteiger partial charge in [0.05, 0.1) is 24.4 Å². The molecule has 0 atom stereocenters. The third-order valence-electron chi connectivity index (χ3n) is 4.28. The molecule has 8 nitrogen and oxygen atoms in total. The Hall–Kier alpha value is -2.62. The predicted octanol–water partition coefficient (Wildman–Crippen LogP) is 2.67. The van der Waals surface area contributed by atoms with Crippen molar-refractivity contribution in [3.05, 3.63) is 41.6 Å². The number of morpholine rings is 1. The molecule has 28 heavy (non-hydrogen) atoms. The molecule has 1 aromatic carbocycles. The zero-order chi connectivity index (χ0) is 19.3.